The highest BCUT2D eigenvalue weighted by Gasteiger charge is 2.43. The fraction of sp³-hybridized carbons (Fsp3) is 0.833. The minimum absolute atomic E-state index is 0.0846. The third-order valence-corrected chi connectivity index (χ3v) is 6.19. The van der Waals surface area contributed by atoms with Crippen LogP contribution in [-0.2, 0) is 11.3 Å². The van der Waals surface area contributed by atoms with Crippen LogP contribution in [0.15, 0.2) is 4.52 Å². The second-order valence-electron chi connectivity index (χ2n) is 8.13. The van der Waals surface area contributed by atoms with E-state index in [0.29, 0.717) is 30.6 Å². The molecule has 0 radical (unpaired) electrons. The number of carbonyl (C=O) groups is 1. The Hall–Kier alpha value is -1.47. The molecule has 1 spiro atoms. The maximum Gasteiger partial charge on any atom is 0.240 e. The van der Waals surface area contributed by atoms with E-state index in [-0.39, 0.29) is 5.54 Å². The van der Waals surface area contributed by atoms with Gasteiger partial charge in [0, 0.05) is 44.7 Å². The SMILES string of the molecule is Cc1noc(CN2CCN(C)[C@]3(CCC(=O)N(CC4CC4)CC3)C2)n1. The van der Waals surface area contributed by atoms with Gasteiger partial charge in [-0.05, 0) is 45.6 Å². The van der Waals surface area contributed by atoms with Gasteiger partial charge in [0.1, 0.15) is 0 Å². The third-order valence-electron chi connectivity index (χ3n) is 6.19. The van der Waals surface area contributed by atoms with Crippen molar-refractivity contribution in [3.05, 3.63) is 11.7 Å². The number of nitrogens with zero attached hydrogens (tertiary/aromatic N) is 5. The number of likely N-dealkylation sites (N-methyl/N-ethyl adjacent to an activating group) is 1. The first-order valence-corrected chi connectivity index (χ1v) is 9.55. The van der Waals surface area contributed by atoms with Gasteiger partial charge in [0.2, 0.25) is 11.8 Å². The first kappa shape index (κ1) is 17.0. The maximum absolute atomic E-state index is 12.5. The summed E-state index contributed by atoms with van der Waals surface area (Å²) in [5.41, 5.74) is 0.0846. The molecule has 3 heterocycles. The number of piperazine rings is 1. The van der Waals surface area contributed by atoms with Gasteiger partial charge < -0.3 is 9.42 Å². The topological polar surface area (TPSA) is 65.7 Å². The smallest absolute Gasteiger partial charge is 0.240 e. The summed E-state index contributed by atoms with van der Waals surface area (Å²) in [5.74, 6) is 2.49. The average molecular weight is 347 g/mol. The molecule has 3 aliphatic rings. The van der Waals surface area contributed by atoms with Crippen LogP contribution in [0, 0.1) is 12.8 Å². The van der Waals surface area contributed by atoms with Crippen molar-refractivity contribution in [3.8, 4) is 0 Å². The standard InChI is InChI=1S/C18H29N5O2/c1-14-19-16(25-20-14)12-22-10-9-21(2)18(13-22)6-5-17(24)23(8-7-18)11-15-3-4-15/h15H,3-13H2,1-2H3/t18-/m0/s1. The van der Waals surface area contributed by atoms with Gasteiger partial charge in [-0.25, -0.2) is 0 Å². The molecule has 0 aromatic carbocycles. The van der Waals surface area contributed by atoms with E-state index in [0.717, 1.165) is 51.5 Å². The summed E-state index contributed by atoms with van der Waals surface area (Å²) in [4.78, 5) is 23.9. The van der Waals surface area contributed by atoms with Crippen LogP contribution in [0.1, 0.15) is 43.8 Å². The minimum atomic E-state index is 0.0846. The Bertz CT molecular complexity index is 629. The summed E-state index contributed by atoms with van der Waals surface area (Å²) in [6.45, 7) is 7.41. The van der Waals surface area contributed by atoms with Crippen LogP contribution in [0.3, 0.4) is 0 Å². The molecule has 138 valence electrons. The highest BCUT2D eigenvalue weighted by molar-refractivity contribution is 5.76. The van der Waals surface area contributed by atoms with Crippen molar-refractivity contribution in [2.45, 2.75) is 51.1 Å². The Morgan fingerprint density at radius 1 is 1.24 bits per heavy atom. The highest BCUT2D eigenvalue weighted by atomic mass is 16.5. The van der Waals surface area contributed by atoms with E-state index in [9.17, 15) is 4.79 Å². The zero-order chi connectivity index (χ0) is 17.4. The molecule has 1 aliphatic carbocycles. The Morgan fingerprint density at radius 3 is 2.80 bits per heavy atom. The summed E-state index contributed by atoms with van der Waals surface area (Å²) < 4.78 is 5.30. The van der Waals surface area contributed by atoms with Gasteiger partial charge in [0.15, 0.2) is 5.82 Å². The predicted octanol–water partition coefficient (Wildman–Crippen LogP) is 1.29. The van der Waals surface area contributed by atoms with Crippen molar-refractivity contribution in [2.75, 3.05) is 39.8 Å². The number of hydrogen-bond donors (Lipinski definition) is 0. The number of aromatic nitrogens is 2. The van der Waals surface area contributed by atoms with Gasteiger partial charge >= 0.3 is 0 Å². The lowest BCUT2D eigenvalue weighted by molar-refractivity contribution is -0.131. The number of carbonyl (C=O) groups excluding carboxylic acids is 1. The zero-order valence-corrected chi connectivity index (χ0v) is 15.4. The molecule has 7 nitrogen and oxygen atoms in total. The number of likely N-dealkylation sites (tertiary alicyclic amines) is 1. The van der Waals surface area contributed by atoms with Crippen molar-refractivity contribution in [1.29, 1.82) is 0 Å². The lowest BCUT2D eigenvalue weighted by Gasteiger charge is -2.49. The predicted molar refractivity (Wildman–Crippen MR) is 92.8 cm³/mol. The van der Waals surface area contributed by atoms with Gasteiger partial charge in [-0.1, -0.05) is 5.16 Å². The van der Waals surface area contributed by atoms with Gasteiger partial charge in [0.05, 0.1) is 6.54 Å². The third kappa shape index (κ3) is 3.72. The van der Waals surface area contributed by atoms with Crippen LogP contribution in [0.25, 0.3) is 0 Å². The van der Waals surface area contributed by atoms with Crippen LogP contribution in [0.5, 0.6) is 0 Å². The molecule has 1 atom stereocenters. The van der Waals surface area contributed by atoms with Crippen LogP contribution in [-0.4, -0.2) is 76.1 Å². The lowest BCUT2D eigenvalue weighted by atomic mass is 9.86. The van der Waals surface area contributed by atoms with Gasteiger partial charge in [-0.3, -0.25) is 14.6 Å². The quantitative estimate of drug-likeness (QED) is 0.818. The van der Waals surface area contributed by atoms with Crippen molar-refractivity contribution in [3.63, 3.8) is 0 Å². The molecule has 1 saturated carbocycles. The Kier molecular flexibility index (Phi) is 4.54. The van der Waals surface area contributed by atoms with E-state index in [1.807, 2.05) is 6.92 Å². The summed E-state index contributed by atoms with van der Waals surface area (Å²) in [6.07, 6.45) is 5.27. The molecule has 3 fully saturated rings. The Balaban J connectivity index is 1.43. The fourth-order valence-electron chi connectivity index (χ4n) is 4.31. The highest BCUT2D eigenvalue weighted by Crippen LogP contribution is 2.35. The molecule has 0 N–H and O–H groups in total. The van der Waals surface area contributed by atoms with Gasteiger partial charge in [-0.2, -0.15) is 4.98 Å². The molecule has 2 aliphatic heterocycles. The van der Waals surface area contributed by atoms with Crippen molar-refractivity contribution in [1.82, 2.24) is 24.8 Å². The normalized spacial score (nSPS) is 29.4. The molecule has 1 aromatic rings. The van der Waals surface area contributed by atoms with E-state index in [1.54, 1.807) is 0 Å². The van der Waals surface area contributed by atoms with E-state index < -0.39 is 0 Å². The first-order valence-electron chi connectivity index (χ1n) is 9.55. The average Bonchev–Trinajstić information content (AvgIpc) is 3.34. The van der Waals surface area contributed by atoms with Crippen molar-refractivity contribution >= 4 is 5.91 Å². The summed E-state index contributed by atoms with van der Waals surface area (Å²) in [5, 5.41) is 3.89. The molecule has 0 unspecified atom stereocenters. The number of aryl methyl sites for hydroxylation is 1. The molecule has 2 saturated heterocycles. The minimum Gasteiger partial charge on any atom is -0.342 e. The van der Waals surface area contributed by atoms with Crippen LogP contribution in [0.2, 0.25) is 0 Å². The second-order valence-corrected chi connectivity index (χ2v) is 8.13. The lowest BCUT2D eigenvalue weighted by Crippen LogP contribution is -2.60. The molecule has 4 rings (SSSR count). The van der Waals surface area contributed by atoms with Crippen LogP contribution in [0.4, 0.5) is 0 Å². The molecule has 0 bridgehead atoms. The van der Waals surface area contributed by atoms with E-state index >= 15 is 0 Å². The Labute approximate surface area is 149 Å². The molecule has 1 amide bonds. The largest absolute Gasteiger partial charge is 0.342 e. The van der Waals surface area contributed by atoms with Crippen LogP contribution < -0.4 is 0 Å². The fourth-order valence-corrected chi connectivity index (χ4v) is 4.31. The molecular formula is C18H29N5O2. The first-order chi connectivity index (χ1) is 12.0. The van der Waals surface area contributed by atoms with Gasteiger partial charge in [0.25, 0.3) is 0 Å². The maximum atomic E-state index is 12.5. The molecular weight excluding hydrogens is 318 g/mol. The molecule has 25 heavy (non-hydrogen) atoms. The van der Waals surface area contributed by atoms with E-state index in [1.165, 1.54) is 12.8 Å². The number of rotatable bonds is 4. The zero-order valence-electron chi connectivity index (χ0n) is 15.4. The summed E-state index contributed by atoms with van der Waals surface area (Å²) >= 11 is 0. The van der Waals surface area contributed by atoms with Crippen molar-refractivity contribution < 1.29 is 9.32 Å². The number of hydrogen-bond acceptors (Lipinski definition) is 6. The number of amides is 1. The molecule has 7 heteroatoms. The summed E-state index contributed by atoms with van der Waals surface area (Å²) in [7, 11) is 2.22. The van der Waals surface area contributed by atoms with Crippen molar-refractivity contribution in [2.24, 2.45) is 5.92 Å². The second kappa shape index (κ2) is 6.68. The van der Waals surface area contributed by atoms with E-state index in [2.05, 4.69) is 31.9 Å². The Morgan fingerprint density at radius 2 is 2.08 bits per heavy atom. The molecule has 1 aromatic heterocycles. The van der Waals surface area contributed by atoms with Crippen LogP contribution >= 0.6 is 0 Å². The monoisotopic (exact) mass is 347 g/mol. The summed E-state index contributed by atoms with van der Waals surface area (Å²) in [6, 6.07) is 0. The van der Waals surface area contributed by atoms with E-state index in [4.69, 9.17) is 4.52 Å². The van der Waals surface area contributed by atoms with Gasteiger partial charge in [-0.15, -0.1) is 0 Å².